The second-order valence-electron chi connectivity index (χ2n) is 7.32. The Bertz CT molecular complexity index is 1340. The van der Waals surface area contributed by atoms with Crippen LogP contribution >= 0.6 is 27.5 Å². The molecule has 0 aliphatic rings. The summed E-state index contributed by atoms with van der Waals surface area (Å²) in [6, 6.07) is 14.9. The summed E-state index contributed by atoms with van der Waals surface area (Å²) in [5, 5.41) is 5.63. The quantitative estimate of drug-likeness (QED) is 0.281. The molecule has 2 heterocycles. The molecule has 0 unspecified atom stereocenters. The van der Waals surface area contributed by atoms with Crippen molar-refractivity contribution >= 4 is 44.6 Å². The normalized spacial score (nSPS) is 11.6. The molecule has 2 aromatic heterocycles. The van der Waals surface area contributed by atoms with Crippen LogP contribution in [0, 0.1) is 6.92 Å². The molecule has 0 atom stereocenters. The third-order valence-corrected chi connectivity index (χ3v) is 5.91. The zero-order chi connectivity index (χ0) is 22.0. The lowest BCUT2D eigenvalue weighted by Gasteiger charge is -2.09. The summed E-state index contributed by atoms with van der Waals surface area (Å²) in [6.45, 7) is 4.06. The molecule has 0 aliphatic heterocycles. The third kappa shape index (κ3) is 4.65. The number of furan rings is 1. The average Bonchev–Trinajstić information content (AvgIpc) is 3.23. The smallest absolute Gasteiger partial charge is 0.282 e. The first kappa shape index (κ1) is 21.5. The van der Waals surface area contributed by atoms with E-state index in [2.05, 4.69) is 32.9 Å². The molecule has 0 spiro atoms. The first-order valence-electron chi connectivity index (χ1n) is 10.1. The van der Waals surface area contributed by atoms with Crippen LogP contribution in [0.4, 0.5) is 0 Å². The summed E-state index contributed by atoms with van der Waals surface area (Å²) in [5.74, 6) is 1.85. The minimum Gasteiger partial charge on any atom is -0.455 e. The van der Waals surface area contributed by atoms with Crippen molar-refractivity contribution in [1.82, 2.24) is 9.66 Å². The molecular formula is C24H21BrClN3O2. The molecule has 7 heteroatoms. The lowest BCUT2D eigenvalue weighted by atomic mass is 10.1. The van der Waals surface area contributed by atoms with Gasteiger partial charge in [0.05, 0.1) is 17.1 Å². The van der Waals surface area contributed by atoms with E-state index in [1.807, 2.05) is 49.4 Å². The van der Waals surface area contributed by atoms with Crippen molar-refractivity contribution in [1.29, 1.82) is 0 Å². The maximum absolute atomic E-state index is 13.1. The van der Waals surface area contributed by atoms with Gasteiger partial charge in [0.25, 0.3) is 5.56 Å². The van der Waals surface area contributed by atoms with Gasteiger partial charge in [-0.25, -0.2) is 4.98 Å². The van der Waals surface area contributed by atoms with Crippen molar-refractivity contribution in [3.63, 3.8) is 0 Å². The Hall–Kier alpha value is -2.70. The van der Waals surface area contributed by atoms with Crippen LogP contribution in [0.25, 0.3) is 22.2 Å². The predicted octanol–water partition coefficient (Wildman–Crippen LogP) is 6.61. The van der Waals surface area contributed by atoms with Gasteiger partial charge in [0, 0.05) is 21.5 Å². The van der Waals surface area contributed by atoms with Gasteiger partial charge in [0.2, 0.25) is 0 Å². The molecular weight excluding hydrogens is 478 g/mol. The van der Waals surface area contributed by atoms with E-state index in [4.69, 9.17) is 16.0 Å². The maximum atomic E-state index is 13.1. The molecule has 5 nitrogen and oxygen atoms in total. The number of hydrogen-bond donors (Lipinski definition) is 0. The van der Waals surface area contributed by atoms with E-state index >= 15 is 0 Å². The van der Waals surface area contributed by atoms with E-state index in [9.17, 15) is 4.79 Å². The Balaban J connectivity index is 1.72. The second kappa shape index (κ2) is 9.20. The van der Waals surface area contributed by atoms with Gasteiger partial charge in [0.1, 0.15) is 17.3 Å². The lowest BCUT2D eigenvalue weighted by molar-refractivity contribution is 0.573. The molecule has 0 aliphatic carbocycles. The van der Waals surface area contributed by atoms with E-state index in [0.717, 1.165) is 28.4 Å². The van der Waals surface area contributed by atoms with Crippen LogP contribution in [-0.2, 0) is 6.42 Å². The Labute approximate surface area is 193 Å². The Morgan fingerprint density at radius 2 is 2.03 bits per heavy atom. The highest BCUT2D eigenvalue weighted by Gasteiger charge is 2.11. The summed E-state index contributed by atoms with van der Waals surface area (Å²) in [6.07, 6.45) is 4.13. The Morgan fingerprint density at radius 3 is 2.81 bits per heavy atom. The largest absolute Gasteiger partial charge is 0.455 e. The molecule has 4 aromatic rings. The Kier molecular flexibility index (Phi) is 6.39. The highest BCUT2D eigenvalue weighted by atomic mass is 79.9. The van der Waals surface area contributed by atoms with Gasteiger partial charge in [-0.3, -0.25) is 4.79 Å². The van der Waals surface area contributed by atoms with Gasteiger partial charge in [-0.15, -0.1) is 0 Å². The second-order valence-corrected chi connectivity index (χ2v) is 8.64. The number of rotatable bonds is 6. The van der Waals surface area contributed by atoms with Crippen LogP contribution in [0.3, 0.4) is 0 Å². The fourth-order valence-electron chi connectivity index (χ4n) is 3.25. The molecule has 0 radical (unpaired) electrons. The van der Waals surface area contributed by atoms with Crippen LogP contribution in [0.1, 0.15) is 36.9 Å². The van der Waals surface area contributed by atoms with Crippen molar-refractivity contribution in [3.8, 4) is 11.3 Å². The monoisotopic (exact) mass is 497 g/mol. The summed E-state index contributed by atoms with van der Waals surface area (Å²) in [5.41, 5.74) is 2.36. The van der Waals surface area contributed by atoms with Gasteiger partial charge in [0.15, 0.2) is 0 Å². The molecule has 4 rings (SSSR count). The molecule has 0 bridgehead atoms. The number of aryl methyl sites for hydroxylation is 2. The third-order valence-electron chi connectivity index (χ3n) is 5.01. The Morgan fingerprint density at radius 1 is 1.19 bits per heavy atom. The van der Waals surface area contributed by atoms with Crippen LogP contribution in [0.15, 0.2) is 67.3 Å². The minimum absolute atomic E-state index is 0.203. The summed E-state index contributed by atoms with van der Waals surface area (Å²) < 4.78 is 8.10. The summed E-state index contributed by atoms with van der Waals surface area (Å²) >= 11 is 9.65. The maximum Gasteiger partial charge on any atom is 0.282 e. The van der Waals surface area contributed by atoms with Crippen LogP contribution < -0.4 is 5.56 Å². The summed E-state index contributed by atoms with van der Waals surface area (Å²) in [4.78, 5) is 17.8. The van der Waals surface area contributed by atoms with Gasteiger partial charge in [-0.1, -0.05) is 53.0 Å². The number of nitrogens with zero attached hydrogens (tertiary/aromatic N) is 3. The van der Waals surface area contributed by atoms with Gasteiger partial charge >= 0.3 is 0 Å². The van der Waals surface area contributed by atoms with Crippen LogP contribution in [-0.4, -0.2) is 15.9 Å². The van der Waals surface area contributed by atoms with Crippen molar-refractivity contribution < 1.29 is 4.42 Å². The number of unbranched alkanes of at least 4 members (excludes halogenated alkanes) is 1. The number of halogens is 2. The molecule has 0 amide bonds. The molecule has 0 saturated carbocycles. The van der Waals surface area contributed by atoms with E-state index in [-0.39, 0.29) is 5.56 Å². The van der Waals surface area contributed by atoms with Gasteiger partial charge in [-0.05, 0) is 55.3 Å². The first-order valence-corrected chi connectivity index (χ1v) is 11.3. The number of hydrogen-bond acceptors (Lipinski definition) is 4. The zero-order valence-corrected chi connectivity index (χ0v) is 19.6. The van der Waals surface area contributed by atoms with E-state index in [1.54, 1.807) is 12.3 Å². The highest BCUT2D eigenvalue weighted by Crippen LogP contribution is 2.26. The fraction of sp³-hybridized carbons (Fsp3) is 0.208. The first-order chi connectivity index (χ1) is 15.0. The standard InChI is InChI=1S/C24H21BrClN3O2/c1-3-4-5-23-28-21-10-8-17(25)13-19(21)24(30)29(23)27-14-18-9-11-22(31-18)16-7-6-15(2)20(26)12-16/h6-14H,3-5H2,1-2H3. The molecule has 0 saturated heterocycles. The van der Waals surface area contributed by atoms with E-state index < -0.39 is 0 Å². The highest BCUT2D eigenvalue weighted by molar-refractivity contribution is 9.10. The topological polar surface area (TPSA) is 60.4 Å². The van der Waals surface area contributed by atoms with Crippen molar-refractivity contribution in [2.24, 2.45) is 5.10 Å². The fourth-order valence-corrected chi connectivity index (χ4v) is 3.79. The molecule has 0 N–H and O–H groups in total. The van der Waals surface area contributed by atoms with E-state index in [0.29, 0.717) is 39.7 Å². The van der Waals surface area contributed by atoms with Crippen molar-refractivity contribution in [2.75, 3.05) is 0 Å². The average molecular weight is 499 g/mol. The molecule has 158 valence electrons. The molecule has 0 fully saturated rings. The molecule has 2 aromatic carbocycles. The van der Waals surface area contributed by atoms with Gasteiger partial charge < -0.3 is 4.42 Å². The summed E-state index contributed by atoms with van der Waals surface area (Å²) in [7, 11) is 0. The number of fused-ring (bicyclic) bond motifs is 1. The van der Waals surface area contributed by atoms with Crippen molar-refractivity contribution in [3.05, 3.63) is 85.5 Å². The van der Waals surface area contributed by atoms with Crippen LogP contribution in [0.5, 0.6) is 0 Å². The number of aromatic nitrogens is 2. The predicted molar refractivity (Wildman–Crippen MR) is 129 cm³/mol. The van der Waals surface area contributed by atoms with E-state index in [1.165, 1.54) is 4.68 Å². The SMILES string of the molecule is CCCCc1nc2ccc(Br)cc2c(=O)n1N=Cc1ccc(-c2ccc(C)c(Cl)c2)o1. The minimum atomic E-state index is -0.203. The lowest BCUT2D eigenvalue weighted by Crippen LogP contribution is -2.22. The van der Waals surface area contributed by atoms with Crippen molar-refractivity contribution in [2.45, 2.75) is 33.1 Å². The molecule has 31 heavy (non-hydrogen) atoms. The van der Waals surface area contributed by atoms with Crippen LogP contribution in [0.2, 0.25) is 5.02 Å². The number of benzene rings is 2. The van der Waals surface area contributed by atoms with Gasteiger partial charge in [-0.2, -0.15) is 9.78 Å². The zero-order valence-electron chi connectivity index (χ0n) is 17.2.